The molecule has 94 valence electrons. The lowest BCUT2D eigenvalue weighted by molar-refractivity contribution is 0.893. The van der Waals surface area contributed by atoms with E-state index in [1.165, 1.54) is 0 Å². The second kappa shape index (κ2) is 4.82. The molecule has 0 spiro atoms. The first-order valence-corrected chi connectivity index (χ1v) is 6.06. The standard InChI is InChI=1S/C13H14ClN3O/c1-8-5-9-6-10(16-12(15)7-14)3-4-11(9)17(2)13(8)18/h3-6H,7H2,1-2H3,(H2,15,16). The number of aromatic nitrogens is 1. The first kappa shape index (κ1) is 12.6. The lowest BCUT2D eigenvalue weighted by Gasteiger charge is -2.07. The zero-order valence-electron chi connectivity index (χ0n) is 10.3. The Morgan fingerprint density at radius 1 is 1.44 bits per heavy atom. The smallest absolute Gasteiger partial charge is 0.253 e. The lowest BCUT2D eigenvalue weighted by Crippen LogP contribution is -2.19. The van der Waals surface area contributed by atoms with Crippen LogP contribution in [0.5, 0.6) is 0 Å². The summed E-state index contributed by atoms with van der Waals surface area (Å²) < 4.78 is 1.63. The maximum Gasteiger partial charge on any atom is 0.253 e. The number of fused-ring (bicyclic) bond motifs is 1. The number of hydrogen-bond acceptors (Lipinski definition) is 2. The Hall–Kier alpha value is -1.81. The van der Waals surface area contributed by atoms with Crippen molar-refractivity contribution in [1.82, 2.24) is 4.57 Å². The van der Waals surface area contributed by atoms with Gasteiger partial charge in [-0.05, 0) is 31.2 Å². The van der Waals surface area contributed by atoms with E-state index in [4.69, 9.17) is 17.3 Å². The van der Waals surface area contributed by atoms with Gasteiger partial charge >= 0.3 is 0 Å². The molecule has 1 heterocycles. The number of hydrogen-bond donors (Lipinski definition) is 1. The van der Waals surface area contributed by atoms with Gasteiger partial charge in [-0.25, -0.2) is 4.99 Å². The van der Waals surface area contributed by atoms with Crippen molar-refractivity contribution in [3.05, 3.63) is 40.2 Å². The topological polar surface area (TPSA) is 60.4 Å². The number of aryl methyl sites for hydroxylation is 2. The van der Waals surface area contributed by atoms with E-state index < -0.39 is 0 Å². The Balaban J connectivity index is 2.67. The van der Waals surface area contributed by atoms with Crippen LogP contribution in [-0.2, 0) is 7.05 Å². The van der Waals surface area contributed by atoms with Crippen LogP contribution in [0.2, 0.25) is 0 Å². The van der Waals surface area contributed by atoms with Crippen molar-refractivity contribution in [2.45, 2.75) is 6.92 Å². The van der Waals surface area contributed by atoms with Crippen LogP contribution in [0.3, 0.4) is 0 Å². The second-order valence-electron chi connectivity index (χ2n) is 4.17. The predicted molar refractivity (Wildman–Crippen MR) is 75.9 cm³/mol. The SMILES string of the molecule is Cc1cc2cc(N=C(N)CCl)ccc2n(C)c1=O. The Kier molecular flexibility index (Phi) is 3.39. The number of nitrogens with zero attached hydrogens (tertiary/aromatic N) is 2. The summed E-state index contributed by atoms with van der Waals surface area (Å²) in [7, 11) is 1.76. The zero-order chi connectivity index (χ0) is 13.3. The molecule has 1 aromatic heterocycles. The van der Waals surface area contributed by atoms with E-state index >= 15 is 0 Å². The van der Waals surface area contributed by atoms with Gasteiger partial charge in [0.2, 0.25) is 0 Å². The van der Waals surface area contributed by atoms with Gasteiger partial charge in [-0.2, -0.15) is 0 Å². The number of pyridine rings is 1. The summed E-state index contributed by atoms with van der Waals surface area (Å²) in [5.41, 5.74) is 7.92. The van der Waals surface area contributed by atoms with Crippen LogP contribution >= 0.6 is 11.6 Å². The van der Waals surface area contributed by atoms with Crippen LogP contribution in [0.15, 0.2) is 34.1 Å². The average molecular weight is 264 g/mol. The highest BCUT2D eigenvalue weighted by atomic mass is 35.5. The van der Waals surface area contributed by atoms with E-state index in [2.05, 4.69) is 4.99 Å². The predicted octanol–water partition coefficient (Wildman–Crippen LogP) is 2.07. The first-order chi connectivity index (χ1) is 8.52. The third-order valence-electron chi connectivity index (χ3n) is 2.80. The highest BCUT2D eigenvalue weighted by molar-refractivity contribution is 6.28. The van der Waals surface area contributed by atoms with E-state index in [9.17, 15) is 4.79 Å². The van der Waals surface area contributed by atoms with Gasteiger partial charge in [0.05, 0.1) is 17.1 Å². The van der Waals surface area contributed by atoms with E-state index in [1.54, 1.807) is 18.5 Å². The van der Waals surface area contributed by atoms with Gasteiger partial charge in [0.15, 0.2) is 0 Å². The summed E-state index contributed by atoms with van der Waals surface area (Å²) in [6, 6.07) is 7.42. The van der Waals surface area contributed by atoms with Crippen LogP contribution in [0.4, 0.5) is 5.69 Å². The van der Waals surface area contributed by atoms with Crippen LogP contribution in [-0.4, -0.2) is 16.3 Å². The summed E-state index contributed by atoms with van der Waals surface area (Å²) in [5, 5.41) is 0.957. The second-order valence-corrected chi connectivity index (χ2v) is 4.44. The van der Waals surface area contributed by atoms with Crippen molar-refractivity contribution in [3.8, 4) is 0 Å². The van der Waals surface area contributed by atoms with Gasteiger partial charge < -0.3 is 10.3 Å². The highest BCUT2D eigenvalue weighted by Crippen LogP contribution is 2.20. The number of benzene rings is 1. The summed E-state index contributed by atoms with van der Waals surface area (Å²) >= 11 is 5.59. The Bertz CT molecular complexity index is 688. The molecule has 0 bridgehead atoms. The minimum atomic E-state index is 0.0130. The number of halogens is 1. The monoisotopic (exact) mass is 263 g/mol. The fourth-order valence-corrected chi connectivity index (χ4v) is 1.96. The molecular weight excluding hydrogens is 250 g/mol. The maximum absolute atomic E-state index is 11.8. The van der Waals surface area contributed by atoms with Crippen LogP contribution in [0.1, 0.15) is 5.56 Å². The third-order valence-corrected chi connectivity index (χ3v) is 3.07. The van der Waals surface area contributed by atoms with E-state index in [0.717, 1.165) is 16.6 Å². The van der Waals surface area contributed by atoms with Crippen molar-refractivity contribution in [2.75, 3.05) is 5.88 Å². The van der Waals surface area contributed by atoms with Gasteiger partial charge in [0.1, 0.15) is 5.84 Å². The zero-order valence-corrected chi connectivity index (χ0v) is 11.0. The van der Waals surface area contributed by atoms with Crippen molar-refractivity contribution < 1.29 is 0 Å². The molecule has 0 atom stereocenters. The number of aliphatic imine (C=N–C) groups is 1. The molecule has 2 rings (SSSR count). The molecule has 0 aliphatic rings. The molecule has 0 aliphatic carbocycles. The average Bonchev–Trinajstić information content (AvgIpc) is 2.35. The van der Waals surface area contributed by atoms with Gasteiger partial charge in [-0.15, -0.1) is 11.6 Å². The summed E-state index contributed by atoms with van der Waals surface area (Å²) in [5.74, 6) is 0.571. The highest BCUT2D eigenvalue weighted by Gasteiger charge is 2.04. The molecule has 2 aromatic rings. The fraction of sp³-hybridized carbons (Fsp3) is 0.231. The Morgan fingerprint density at radius 2 is 2.17 bits per heavy atom. The number of rotatable bonds is 2. The van der Waals surface area contributed by atoms with Crippen molar-refractivity contribution >= 4 is 34.0 Å². The minimum absolute atomic E-state index is 0.0130. The lowest BCUT2D eigenvalue weighted by atomic mass is 10.1. The molecule has 0 radical (unpaired) electrons. The first-order valence-electron chi connectivity index (χ1n) is 5.52. The van der Waals surface area contributed by atoms with Crippen molar-refractivity contribution in [3.63, 3.8) is 0 Å². The van der Waals surface area contributed by atoms with E-state index in [1.807, 2.05) is 24.3 Å². The van der Waals surface area contributed by atoms with Crippen LogP contribution in [0, 0.1) is 6.92 Å². The van der Waals surface area contributed by atoms with Crippen LogP contribution in [0.25, 0.3) is 10.9 Å². The molecule has 0 saturated carbocycles. The van der Waals surface area contributed by atoms with Crippen molar-refractivity contribution in [1.29, 1.82) is 0 Å². The molecule has 0 aliphatic heterocycles. The molecule has 4 nitrogen and oxygen atoms in total. The third kappa shape index (κ3) is 2.24. The summed E-state index contributed by atoms with van der Waals surface area (Å²) in [4.78, 5) is 16.0. The van der Waals surface area contributed by atoms with Crippen LogP contribution < -0.4 is 11.3 Å². The molecule has 0 saturated heterocycles. The molecule has 2 N–H and O–H groups in total. The molecule has 1 aromatic carbocycles. The molecular formula is C13H14ClN3O. The largest absolute Gasteiger partial charge is 0.386 e. The molecule has 0 unspecified atom stereocenters. The molecule has 5 heteroatoms. The molecule has 0 fully saturated rings. The number of alkyl halides is 1. The Labute approximate surface area is 110 Å². The van der Waals surface area contributed by atoms with Gasteiger partial charge in [0, 0.05) is 18.0 Å². The van der Waals surface area contributed by atoms with E-state index in [-0.39, 0.29) is 11.4 Å². The summed E-state index contributed by atoms with van der Waals surface area (Å²) in [6.45, 7) is 1.80. The van der Waals surface area contributed by atoms with Gasteiger partial charge in [0.25, 0.3) is 5.56 Å². The number of amidine groups is 1. The molecule has 18 heavy (non-hydrogen) atoms. The quantitative estimate of drug-likeness (QED) is 0.512. The summed E-state index contributed by atoms with van der Waals surface area (Å²) in [6.07, 6.45) is 0. The van der Waals surface area contributed by atoms with E-state index in [0.29, 0.717) is 11.4 Å². The van der Waals surface area contributed by atoms with Gasteiger partial charge in [-0.1, -0.05) is 0 Å². The maximum atomic E-state index is 11.8. The fourth-order valence-electron chi connectivity index (χ4n) is 1.90. The normalized spacial score (nSPS) is 12.1. The minimum Gasteiger partial charge on any atom is -0.386 e. The molecule has 0 amide bonds. The Morgan fingerprint density at radius 3 is 2.83 bits per heavy atom. The van der Waals surface area contributed by atoms with Crippen molar-refractivity contribution in [2.24, 2.45) is 17.8 Å². The van der Waals surface area contributed by atoms with Gasteiger partial charge in [-0.3, -0.25) is 4.79 Å². The number of nitrogens with two attached hydrogens (primary N) is 1.